The van der Waals surface area contributed by atoms with Gasteiger partial charge in [0, 0.05) is 18.3 Å². The highest BCUT2D eigenvalue weighted by Gasteiger charge is 2.03. The lowest BCUT2D eigenvalue weighted by atomic mass is 10.2. The molecule has 0 saturated carbocycles. The number of rotatable bonds is 3. The molecule has 1 rings (SSSR count). The molecule has 2 nitrogen and oxygen atoms in total. The van der Waals surface area contributed by atoms with Crippen LogP contribution in [-0.2, 0) is 0 Å². The first-order chi connectivity index (χ1) is 7.69. The van der Waals surface area contributed by atoms with Crippen molar-refractivity contribution >= 4 is 5.84 Å². The molecule has 0 aliphatic heterocycles. The van der Waals surface area contributed by atoms with Crippen LogP contribution in [0.25, 0.3) is 0 Å². The van der Waals surface area contributed by atoms with Gasteiger partial charge >= 0.3 is 0 Å². The highest BCUT2D eigenvalue weighted by Crippen LogP contribution is 2.05. The van der Waals surface area contributed by atoms with Gasteiger partial charge in [-0.2, -0.15) is 0 Å². The van der Waals surface area contributed by atoms with E-state index in [-0.39, 0.29) is 0 Å². The number of hydrogen-bond acceptors (Lipinski definition) is 1. The summed E-state index contributed by atoms with van der Waals surface area (Å²) in [4.78, 5) is 4.25. The van der Waals surface area contributed by atoms with E-state index in [1.54, 1.807) is 7.05 Å². The van der Waals surface area contributed by atoms with Crippen LogP contribution in [0.3, 0.4) is 0 Å². The van der Waals surface area contributed by atoms with E-state index in [2.05, 4.69) is 16.9 Å². The van der Waals surface area contributed by atoms with Crippen molar-refractivity contribution in [2.24, 2.45) is 4.99 Å². The lowest BCUT2D eigenvalue weighted by Gasteiger charge is -2.11. The van der Waals surface area contributed by atoms with Crippen molar-refractivity contribution in [3.05, 3.63) is 59.8 Å². The fraction of sp³-hybridized carbons (Fsp3) is 0.214. The molecule has 1 aromatic carbocycles. The lowest BCUT2D eigenvalue weighted by Crippen LogP contribution is -2.23. The van der Waals surface area contributed by atoms with E-state index >= 15 is 0 Å². The molecule has 84 valence electrons. The smallest absolute Gasteiger partial charge is 0.132 e. The van der Waals surface area contributed by atoms with Gasteiger partial charge in [-0.05, 0) is 19.9 Å². The highest BCUT2D eigenvalue weighted by molar-refractivity contribution is 5.99. The number of allylic oxidation sites excluding steroid dienone is 2. The molecule has 0 aliphatic rings. The fourth-order valence-corrected chi connectivity index (χ4v) is 1.36. The number of nitrogens with zero attached hydrogens (tertiary/aromatic N) is 1. The zero-order valence-electron chi connectivity index (χ0n) is 10.1. The van der Waals surface area contributed by atoms with Crippen molar-refractivity contribution in [1.82, 2.24) is 5.32 Å². The van der Waals surface area contributed by atoms with E-state index in [1.165, 1.54) is 5.57 Å². The summed E-state index contributed by atoms with van der Waals surface area (Å²) in [6.07, 6.45) is 1.81. The largest absolute Gasteiger partial charge is 0.340 e. The Morgan fingerprint density at radius 2 is 1.88 bits per heavy atom. The molecular formula is C14H18N2. The molecule has 0 radical (unpaired) electrons. The summed E-state index contributed by atoms with van der Waals surface area (Å²) in [7, 11) is 1.78. The van der Waals surface area contributed by atoms with Gasteiger partial charge in [0.15, 0.2) is 0 Å². The summed E-state index contributed by atoms with van der Waals surface area (Å²) >= 11 is 0. The first-order valence-corrected chi connectivity index (χ1v) is 5.28. The zero-order valence-corrected chi connectivity index (χ0v) is 10.1. The van der Waals surface area contributed by atoms with Gasteiger partial charge in [0.1, 0.15) is 5.84 Å². The average Bonchev–Trinajstić information content (AvgIpc) is 2.31. The Balaban J connectivity index is 2.95. The Kier molecular flexibility index (Phi) is 4.52. The first-order valence-electron chi connectivity index (χ1n) is 5.28. The van der Waals surface area contributed by atoms with Crippen LogP contribution in [0.5, 0.6) is 0 Å². The van der Waals surface area contributed by atoms with Crippen LogP contribution in [0.2, 0.25) is 0 Å². The molecule has 0 unspecified atom stereocenters. The van der Waals surface area contributed by atoms with Crippen LogP contribution in [0.15, 0.2) is 59.2 Å². The zero-order chi connectivity index (χ0) is 12.0. The summed E-state index contributed by atoms with van der Waals surface area (Å²) in [6, 6.07) is 10.0. The molecule has 0 amide bonds. The molecule has 2 heteroatoms. The Morgan fingerprint density at radius 1 is 1.25 bits per heavy atom. The van der Waals surface area contributed by atoms with E-state index < -0.39 is 0 Å². The van der Waals surface area contributed by atoms with Gasteiger partial charge in [0.25, 0.3) is 0 Å². The van der Waals surface area contributed by atoms with Gasteiger partial charge in [-0.3, -0.25) is 4.99 Å². The summed E-state index contributed by atoms with van der Waals surface area (Å²) < 4.78 is 0. The van der Waals surface area contributed by atoms with Gasteiger partial charge < -0.3 is 5.32 Å². The number of aliphatic imine (C=N–C) groups is 1. The van der Waals surface area contributed by atoms with Crippen LogP contribution >= 0.6 is 0 Å². The van der Waals surface area contributed by atoms with Crippen LogP contribution < -0.4 is 5.32 Å². The molecule has 0 atom stereocenters. The molecule has 0 heterocycles. The van der Waals surface area contributed by atoms with E-state index in [0.717, 1.165) is 17.1 Å². The standard InChI is InChI=1S/C14H18N2/c1-5-13(11(2)3)16-14(15-4)12-9-7-6-8-10-12/h5-10H,1H2,2-4H3,(H,15,16). The predicted octanol–water partition coefficient (Wildman–Crippen LogP) is 3.13. The van der Waals surface area contributed by atoms with Crippen molar-refractivity contribution in [2.75, 3.05) is 7.05 Å². The van der Waals surface area contributed by atoms with Crippen LogP contribution in [-0.4, -0.2) is 12.9 Å². The molecule has 0 aromatic heterocycles. The highest BCUT2D eigenvalue weighted by atomic mass is 15.0. The number of benzene rings is 1. The van der Waals surface area contributed by atoms with E-state index in [9.17, 15) is 0 Å². The second-order valence-corrected chi connectivity index (χ2v) is 3.68. The number of hydrogen-bond donors (Lipinski definition) is 1. The Hall–Kier alpha value is -1.83. The van der Waals surface area contributed by atoms with Gasteiger partial charge in [-0.15, -0.1) is 0 Å². The second-order valence-electron chi connectivity index (χ2n) is 3.68. The monoisotopic (exact) mass is 214 g/mol. The normalized spacial score (nSPS) is 10.8. The molecular weight excluding hydrogens is 196 g/mol. The second kappa shape index (κ2) is 5.91. The van der Waals surface area contributed by atoms with Gasteiger partial charge in [0.2, 0.25) is 0 Å². The third-order valence-electron chi connectivity index (χ3n) is 2.27. The van der Waals surface area contributed by atoms with E-state index in [1.807, 2.05) is 50.3 Å². The summed E-state index contributed by atoms with van der Waals surface area (Å²) in [6.45, 7) is 7.88. The lowest BCUT2D eigenvalue weighted by molar-refractivity contribution is 1.10. The number of amidine groups is 1. The molecule has 1 N–H and O–H groups in total. The van der Waals surface area contributed by atoms with Gasteiger partial charge in [-0.25, -0.2) is 0 Å². The third-order valence-corrected chi connectivity index (χ3v) is 2.27. The van der Waals surface area contributed by atoms with E-state index in [0.29, 0.717) is 0 Å². The van der Waals surface area contributed by atoms with Crippen molar-refractivity contribution in [2.45, 2.75) is 13.8 Å². The van der Waals surface area contributed by atoms with Gasteiger partial charge in [0.05, 0.1) is 0 Å². The summed E-state index contributed by atoms with van der Waals surface area (Å²) in [5, 5.41) is 3.28. The first kappa shape index (κ1) is 12.2. The quantitative estimate of drug-likeness (QED) is 0.466. The predicted molar refractivity (Wildman–Crippen MR) is 70.6 cm³/mol. The molecule has 0 fully saturated rings. The SMILES string of the molecule is C=CC(NC(=NC)c1ccccc1)=C(C)C. The van der Waals surface area contributed by atoms with Crippen LogP contribution in [0.4, 0.5) is 0 Å². The maximum Gasteiger partial charge on any atom is 0.132 e. The van der Waals surface area contributed by atoms with E-state index in [4.69, 9.17) is 0 Å². The molecule has 1 aromatic rings. The van der Waals surface area contributed by atoms with Crippen molar-refractivity contribution in [3.8, 4) is 0 Å². The van der Waals surface area contributed by atoms with Crippen molar-refractivity contribution in [3.63, 3.8) is 0 Å². The summed E-state index contributed by atoms with van der Waals surface area (Å²) in [5.74, 6) is 0.858. The molecule has 0 bridgehead atoms. The van der Waals surface area contributed by atoms with Crippen LogP contribution in [0, 0.1) is 0 Å². The molecule has 0 saturated heterocycles. The van der Waals surface area contributed by atoms with Gasteiger partial charge in [-0.1, -0.05) is 42.5 Å². The van der Waals surface area contributed by atoms with Crippen LogP contribution in [0.1, 0.15) is 19.4 Å². The number of nitrogens with one attached hydrogen (secondary N) is 1. The third kappa shape index (κ3) is 3.09. The van der Waals surface area contributed by atoms with Crippen molar-refractivity contribution < 1.29 is 0 Å². The average molecular weight is 214 g/mol. The maximum absolute atomic E-state index is 4.25. The molecule has 0 aliphatic carbocycles. The Labute approximate surface area is 97.4 Å². The minimum absolute atomic E-state index is 0.858. The summed E-state index contributed by atoms with van der Waals surface area (Å²) in [5.41, 5.74) is 3.27. The minimum Gasteiger partial charge on any atom is -0.340 e. The fourth-order valence-electron chi connectivity index (χ4n) is 1.36. The minimum atomic E-state index is 0.858. The molecule has 16 heavy (non-hydrogen) atoms. The Bertz CT molecular complexity index is 410. The van der Waals surface area contributed by atoms with Crippen molar-refractivity contribution in [1.29, 1.82) is 0 Å². The Morgan fingerprint density at radius 3 is 2.31 bits per heavy atom. The molecule has 0 spiro atoms. The maximum atomic E-state index is 4.25. The topological polar surface area (TPSA) is 24.4 Å².